The van der Waals surface area contributed by atoms with Crippen LogP contribution in [0.25, 0.3) is 0 Å². The molecule has 5 aliphatic carbocycles. The Balaban J connectivity index is 1.57. The molecule has 3 heteroatoms. The van der Waals surface area contributed by atoms with Gasteiger partial charge in [0, 0.05) is 0 Å². The molecule has 33 heavy (non-hydrogen) atoms. The standard InChI is InChI=1S/C30H48O3/c1-25(2)21-10-13-30(7)22(28(21,5)12-11-23(25)31)9-8-19-20-18-27(4,24(32)33)15-14-26(20,3)16-17-29(19,30)6/h8,20-23,31H,9-18H2,1-7H3,(H,32,33)/t20-,21-,22+,23-,26+,27-,28+,29+,30-/m0/s1. The summed E-state index contributed by atoms with van der Waals surface area (Å²) < 4.78 is 0. The Kier molecular flexibility index (Phi) is 4.99. The van der Waals surface area contributed by atoms with Crippen molar-refractivity contribution in [1.82, 2.24) is 0 Å². The molecular weight excluding hydrogens is 408 g/mol. The fourth-order valence-electron chi connectivity index (χ4n) is 10.5. The molecule has 0 heterocycles. The minimum absolute atomic E-state index is 0.0168. The van der Waals surface area contributed by atoms with Crippen molar-refractivity contribution in [3.05, 3.63) is 11.6 Å². The van der Waals surface area contributed by atoms with Gasteiger partial charge in [-0.15, -0.1) is 0 Å². The number of hydrogen-bond acceptors (Lipinski definition) is 2. The molecule has 9 atom stereocenters. The molecule has 0 bridgehead atoms. The van der Waals surface area contributed by atoms with Crippen LogP contribution in [0.5, 0.6) is 0 Å². The van der Waals surface area contributed by atoms with Crippen molar-refractivity contribution in [2.45, 2.75) is 119 Å². The number of aliphatic carboxylic acids is 1. The number of carboxylic acids is 1. The summed E-state index contributed by atoms with van der Waals surface area (Å²) in [5.74, 6) is 1.01. The van der Waals surface area contributed by atoms with Gasteiger partial charge in [-0.3, -0.25) is 4.79 Å². The van der Waals surface area contributed by atoms with E-state index in [-0.39, 0.29) is 33.2 Å². The molecule has 0 aromatic heterocycles. The van der Waals surface area contributed by atoms with Crippen molar-refractivity contribution >= 4 is 5.97 Å². The Hall–Kier alpha value is -0.830. The van der Waals surface area contributed by atoms with Crippen LogP contribution in [0.4, 0.5) is 0 Å². The molecule has 0 unspecified atom stereocenters. The molecule has 2 N–H and O–H groups in total. The zero-order chi connectivity index (χ0) is 24.2. The van der Waals surface area contributed by atoms with E-state index in [2.05, 4.69) is 47.6 Å². The highest BCUT2D eigenvalue weighted by Gasteiger charge is 2.68. The van der Waals surface area contributed by atoms with E-state index in [1.165, 1.54) is 25.7 Å². The predicted octanol–water partition coefficient (Wildman–Crippen LogP) is 7.23. The van der Waals surface area contributed by atoms with E-state index in [0.717, 1.165) is 38.5 Å². The van der Waals surface area contributed by atoms with Crippen molar-refractivity contribution in [1.29, 1.82) is 0 Å². The quantitative estimate of drug-likeness (QED) is 0.409. The van der Waals surface area contributed by atoms with E-state index in [1.54, 1.807) is 5.57 Å². The average Bonchev–Trinajstić information content (AvgIpc) is 2.73. The fraction of sp³-hybridized carbons (Fsp3) is 0.900. The minimum atomic E-state index is -0.603. The molecule has 0 amide bonds. The van der Waals surface area contributed by atoms with Crippen molar-refractivity contribution in [2.75, 3.05) is 0 Å². The van der Waals surface area contributed by atoms with Crippen molar-refractivity contribution in [2.24, 2.45) is 50.2 Å². The Labute approximate surface area is 201 Å². The van der Waals surface area contributed by atoms with Crippen molar-refractivity contribution in [3.63, 3.8) is 0 Å². The second kappa shape index (κ2) is 6.89. The lowest BCUT2D eigenvalue weighted by atomic mass is 9.33. The number of rotatable bonds is 1. The van der Waals surface area contributed by atoms with Gasteiger partial charge in [-0.25, -0.2) is 0 Å². The van der Waals surface area contributed by atoms with Crippen LogP contribution < -0.4 is 0 Å². The van der Waals surface area contributed by atoms with Gasteiger partial charge in [-0.2, -0.15) is 0 Å². The number of aliphatic hydroxyl groups excluding tert-OH is 1. The summed E-state index contributed by atoms with van der Waals surface area (Å²) in [6.07, 6.45) is 13.2. The third-order valence-corrected chi connectivity index (χ3v) is 13.3. The highest BCUT2D eigenvalue weighted by molar-refractivity contribution is 5.74. The van der Waals surface area contributed by atoms with Gasteiger partial charge in [-0.05, 0) is 116 Å². The van der Waals surface area contributed by atoms with Crippen LogP contribution >= 0.6 is 0 Å². The van der Waals surface area contributed by atoms with E-state index >= 15 is 0 Å². The van der Waals surface area contributed by atoms with Gasteiger partial charge in [0.05, 0.1) is 11.5 Å². The number of aliphatic hydroxyl groups is 1. The molecule has 5 aliphatic rings. The first-order valence-electron chi connectivity index (χ1n) is 13.8. The molecule has 186 valence electrons. The monoisotopic (exact) mass is 456 g/mol. The maximum Gasteiger partial charge on any atom is 0.309 e. The molecule has 3 nitrogen and oxygen atoms in total. The van der Waals surface area contributed by atoms with Gasteiger partial charge in [0.15, 0.2) is 0 Å². The third-order valence-electron chi connectivity index (χ3n) is 13.3. The van der Waals surface area contributed by atoms with E-state index in [4.69, 9.17) is 0 Å². The van der Waals surface area contributed by atoms with E-state index in [0.29, 0.717) is 17.8 Å². The summed E-state index contributed by atoms with van der Waals surface area (Å²) in [5, 5.41) is 20.9. The first-order chi connectivity index (χ1) is 15.1. The van der Waals surface area contributed by atoms with Gasteiger partial charge < -0.3 is 10.2 Å². The summed E-state index contributed by atoms with van der Waals surface area (Å²) in [6, 6.07) is 0. The van der Waals surface area contributed by atoms with Crippen LogP contribution in [0.1, 0.15) is 113 Å². The lowest BCUT2D eigenvalue weighted by molar-refractivity contribution is -0.203. The average molecular weight is 457 g/mol. The molecule has 4 fully saturated rings. The molecule has 4 saturated carbocycles. The van der Waals surface area contributed by atoms with Crippen LogP contribution in [0.2, 0.25) is 0 Å². The van der Waals surface area contributed by atoms with Crippen LogP contribution in [0.15, 0.2) is 11.6 Å². The van der Waals surface area contributed by atoms with Crippen LogP contribution in [-0.4, -0.2) is 22.3 Å². The molecular formula is C30H48O3. The van der Waals surface area contributed by atoms with E-state index in [1.807, 2.05) is 6.92 Å². The first-order valence-corrected chi connectivity index (χ1v) is 13.8. The highest BCUT2D eigenvalue weighted by Crippen LogP contribution is 2.75. The zero-order valence-electron chi connectivity index (χ0n) is 22.3. The maximum absolute atomic E-state index is 12.2. The number of carboxylic acid groups (broad SMARTS) is 1. The Bertz CT molecular complexity index is 889. The maximum atomic E-state index is 12.2. The van der Waals surface area contributed by atoms with Gasteiger partial charge in [0.1, 0.15) is 0 Å². The number of hydrogen-bond donors (Lipinski definition) is 2. The summed E-state index contributed by atoms with van der Waals surface area (Å²) >= 11 is 0. The molecule has 0 saturated heterocycles. The number of fused-ring (bicyclic) bond motifs is 7. The molecule has 0 radical (unpaired) electrons. The normalized spacial score (nSPS) is 55.3. The van der Waals surface area contributed by atoms with Crippen molar-refractivity contribution in [3.8, 4) is 0 Å². The van der Waals surface area contributed by atoms with Crippen LogP contribution in [0.3, 0.4) is 0 Å². The predicted molar refractivity (Wildman–Crippen MR) is 133 cm³/mol. The summed E-state index contributed by atoms with van der Waals surface area (Å²) in [7, 11) is 0. The summed E-state index contributed by atoms with van der Waals surface area (Å²) in [4.78, 5) is 12.2. The van der Waals surface area contributed by atoms with Crippen molar-refractivity contribution < 1.29 is 15.0 Å². The zero-order valence-corrected chi connectivity index (χ0v) is 22.3. The Morgan fingerprint density at radius 3 is 2.21 bits per heavy atom. The van der Waals surface area contributed by atoms with Gasteiger partial charge in [0.25, 0.3) is 0 Å². The third kappa shape index (κ3) is 2.87. The van der Waals surface area contributed by atoms with E-state index in [9.17, 15) is 15.0 Å². The SMILES string of the molecule is CC1(C)[C@@H](O)CC[C@@]2(C)[C@H]3CC=C4[C@@H]5C[C@@](C)(C(=O)O)CC[C@]5(C)CC[C@@]4(C)[C@@]3(C)CC[C@@H]12. The smallest absolute Gasteiger partial charge is 0.309 e. The Morgan fingerprint density at radius 1 is 0.879 bits per heavy atom. The summed E-state index contributed by atoms with van der Waals surface area (Å²) in [6.45, 7) is 16.8. The number of carbonyl (C=O) groups is 1. The topological polar surface area (TPSA) is 57.5 Å². The van der Waals surface area contributed by atoms with Gasteiger partial charge >= 0.3 is 5.97 Å². The molecule has 0 aromatic carbocycles. The summed E-state index contributed by atoms with van der Waals surface area (Å²) in [5.41, 5.74) is 1.94. The highest BCUT2D eigenvalue weighted by atomic mass is 16.4. The second-order valence-corrected chi connectivity index (χ2v) is 14.9. The molecule has 5 rings (SSSR count). The largest absolute Gasteiger partial charge is 0.481 e. The first kappa shape index (κ1) is 23.9. The fourth-order valence-corrected chi connectivity index (χ4v) is 10.5. The molecule has 0 spiro atoms. The van der Waals surface area contributed by atoms with Gasteiger partial charge in [-0.1, -0.05) is 53.2 Å². The lowest BCUT2D eigenvalue weighted by Crippen LogP contribution is -2.64. The Morgan fingerprint density at radius 2 is 1.55 bits per heavy atom. The van der Waals surface area contributed by atoms with Crippen LogP contribution in [-0.2, 0) is 4.79 Å². The minimum Gasteiger partial charge on any atom is -0.481 e. The molecule has 0 aliphatic heterocycles. The number of allylic oxidation sites excluding steroid dienone is 2. The van der Waals surface area contributed by atoms with Crippen LogP contribution in [0, 0.1) is 50.2 Å². The van der Waals surface area contributed by atoms with Gasteiger partial charge in [0.2, 0.25) is 0 Å². The second-order valence-electron chi connectivity index (χ2n) is 14.9. The van der Waals surface area contributed by atoms with E-state index < -0.39 is 11.4 Å². The lowest BCUT2D eigenvalue weighted by Gasteiger charge is -2.71. The molecule has 0 aromatic rings.